The van der Waals surface area contributed by atoms with Crippen LogP contribution in [0.25, 0.3) is 0 Å². The zero-order valence-corrected chi connectivity index (χ0v) is 15.7. The van der Waals surface area contributed by atoms with Gasteiger partial charge in [-0.05, 0) is 36.5 Å². The Morgan fingerprint density at radius 3 is 2.63 bits per heavy atom. The van der Waals surface area contributed by atoms with Crippen LogP contribution in [0.2, 0.25) is 0 Å². The molecule has 2 amide bonds. The standard InChI is InChI=1S/C20H29FN4O2/c21-17-3-1-15(2-4-17)5-9-24-10-6-18(13-24)22-20(26)23-19-14-25(27)11-7-16(19)8-12-25/h1-4,16,18-19H,5-14H2,(H2,22,23,26)/t16?,18-,19?,25?/m0/s1. The van der Waals surface area contributed by atoms with Crippen molar-refractivity contribution in [2.24, 2.45) is 5.92 Å². The number of carbonyl (C=O) groups is 1. The van der Waals surface area contributed by atoms with Crippen LogP contribution in [0.5, 0.6) is 0 Å². The molecule has 2 bridgehead atoms. The van der Waals surface area contributed by atoms with Gasteiger partial charge in [0, 0.05) is 38.5 Å². The Morgan fingerprint density at radius 2 is 1.93 bits per heavy atom. The second-order valence-corrected chi connectivity index (χ2v) is 8.41. The van der Waals surface area contributed by atoms with Crippen LogP contribution in [0.15, 0.2) is 24.3 Å². The van der Waals surface area contributed by atoms with Crippen molar-refractivity contribution in [3.05, 3.63) is 40.9 Å². The van der Waals surface area contributed by atoms with Crippen LogP contribution in [-0.2, 0) is 6.42 Å². The number of hydrogen-bond acceptors (Lipinski definition) is 3. The van der Waals surface area contributed by atoms with Crippen molar-refractivity contribution in [3.8, 4) is 0 Å². The first-order valence-corrected chi connectivity index (χ1v) is 10.1. The molecule has 7 heteroatoms. The number of urea groups is 1. The number of hydrogen-bond donors (Lipinski definition) is 2. The molecule has 4 saturated heterocycles. The van der Waals surface area contributed by atoms with Crippen molar-refractivity contribution in [2.45, 2.75) is 37.8 Å². The van der Waals surface area contributed by atoms with Gasteiger partial charge in [-0.15, -0.1) is 0 Å². The zero-order valence-electron chi connectivity index (χ0n) is 15.7. The molecule has 1 aromatic rings. The van der Waals surface area contributed by atoms with Gasteiger partial charge in [0.2, 0.25) is 0 Å². The number of likely N-dealkylation sites (tertiary alicyclic amines) is 1. The number of nitrogens with one attached hydrogen (secondary N) is 2. The van der Waals surface area contributed by atoms with Gasteiger partial charge in [0.25, 0.3) is 0 Å². The molecular formula is C20H29FN4O2. The first-order valence-electron chi connectivity index (χ1n) is 10.1. The molecule has 2 N–H and O–H groups in total. The van der Waals surface area contributed by atoms with Crippen LogP contribution in [0.3, 0.4) is 0 Å². The summed E-state index contributed by atoms with van der Waals surface area (Å²) in [6, 6.07) is 6.68. The molecule has 148 valence electrons. The molecule has 1 aromatic carbocycles. The number of piperidine rings is 3. The number of carbonyl (C=O) groups excluding carboxylic acids is 1. The molecule has 4 aliphatic heterocycles. The fourth-order valence-electron chi connectivity index (χ4n) is 4.80. The molecular weight excluding hydrogens is 347 g/mol. The molecule has 0 saturated carbocycles. The summed E-state index contributed by atoms with van der Waals surface area (Å²) in [4.78, 5) is 14.7. The van der Waals surface area contributed by atoms with E-state index in [0.29, 0.717) is 25.6 Å². The summed E-state index contributed by atoms with van der Waals surface area (Å²) in [6.45, 7) is 4.63. The lowest BCUT2D eigenvalue weighted by Gasteiger charge is -2.55. The van der Waals surface area contributed by atoms with Crippen LogP contribution in [-0.4, -0.2) is 66.9 Å². The van der Waals surface area contributed by atoms with Gasteiger partial charge in [-0.25, -0.2) is 9.18 Å². The number of quaternary nitrogens is 1. The van der Waals surface area contributed by atoms with Gasteiger partial charge in [0.15, 0.2) is 0 Å². The highest BCUT2D eigenvalue weighted by Gasteiger charge is 2.42. The van der Waals surface area contributed by atoms with E-state index in [4.69, 9.17) is 0 Å². The minimum Gasteiger partial charge on any atom is -0.633 e. The first kappa shape index (κ1) is 18.7. The second-order valence-electron chi connectivity index (χ2n) is 8.41. The van der Waals surface area contributed by atoms with Gasteiger partial charge < -0.3 is 25.4 Å². The highest BCUT2D eigenvalue weighted by Crippen LogP contribution is 2.32. The molecule has 4 heterocycles. The molecule has 27 heavy (non-hydrogen) atoms. The molecule has 0 spiro atoms. The molecule has 1 unspecified atom stereocenters. The smallest absolute Gasteiger partial charge is 0.315 e. The maximum Gasteiger partial charge on any atom is 0.315 e. The molecule has 0 radical (unpaired) electrons. The SMILES string of the molecule is O=C(NC1C[N+]2([O-])CCC1CC2)N[C@H]1CCN(CCc2ccc(F)cc2)C1. The van der Waals surface area contributed by atoms with Crippen LogP contribution in [0.1, 0.15) is 24.8 Å². The predicted molar refractivity (Wildman–Crippen MR) is 101 cm³/mol. The summed E-state index contributed by atoms with van der Waals surface area (Å²) in [6.07, 6.45) is 3.67. The zero-order chi connectivity index (χ0) is 18.9. The third-order valence-electron chi connectivity index (χ3n) is 6.47. The van der Waals surface area contributed by atoms with Gasteiger partial charge in [-0.3, -0.25) is 0 Å². The van der Waals surface area contributed by atoms with Crippen LogP contribution >= 0.6 is 0 Å². The Bertz CT molecular complexity index is 660. The number of amides is 2. The van der Waals surface area contributed by atoms with Crippen molar-refractivity contribution in [2.75, 3.05) is 39.3 Å². The van der Waals surface area contributed by atoms with Crippen molar-refractivity contribution < 1.29 is 13.8 Å². The van der Waals surface area contributed by atoms with E-state index >= 15 is 0 Å². The highest BCUT2D eigenvalue weighted by atomic mass is 19.1. The van der Waals surface area contributed by atoms with Crippen molar-refractivity contribution in [1.29, 1.82) is 0 Å². The Morgan fingerprint density at radius 1 is 1.19 bits per heavy atom. The van der Waals surface area contributed by atoms with Crippen LogP contribution < -0.4 is 10.6 Å². The van der Waals surface area contributed by atoms with E-state index in [1.807, 2.05) is 12.1 Å². The number of halogens is 1. The molecule has 2 atom stereocenters. The molecule has 0 aliphatic carbocycles. The van der Waals surface area contributed by atoms with E-state index < -0.39 is 0 Å². The molecule has 4 aliphatic rings. The first-order chi connectivity index (χ1) is 13.0. The van der Waals surface area contributed by atoms with Gasteiger partial charge in [-0.1, -0.05) is 12.1 Å². The second kappa shape index (κ2) is 7.73. The van der Waals surface area contributed by atoms with Gasteiger partial charge in [-0.2, -0.15) is 0 Å². The average Bonchev–Trinajstić information content (AvgIpc) is 3.08. The largest absolute Gasteiger partial charge is 0.633 e. The summed E-state index contributed by atoms with van der Waals surface area (Å²) >= 11 is 0. The van der Waals surface area contributed by atoms with Gasteiger partial charge in [0.05, 0.1) is 25.7 Å². The molecule has 0 aromatic heterocycles. The lowest BCUT2D eigenvalue weighted by molar-refractivity contribution is -0.898. The van der Waals surface area contributed by atoms with Crippen LogP contribution in [0, 0.1) is 16.9 Å². The maximum absolute atomic E-state index is 13.0. The number of benzene rings is 1. The van der Waals surface area contributed by atoms with Crippen molar-refractivity contribution in [3.63, 3.8) is 0 Å². The molecule has 6 nitrogen and oxygen atoms in total. The third-order valence-corrected chi connectivity index (χ3v) is 6.47. The third kappa shape index (κ3) is 4.59. The van der Waals surface area contributed by atoms with E-state index in [9.17, 15) is 14.4 Å². The Kier molecular flexibility index (Phi) is 5.34. The van der Waals surface area contributed by atoms with E-state index in [1.54, 1.807) is 0 Å². The minimum absolute atomic E-state index is 0.0148. The number of hydroxylamine groups is 3. The van der Waals surface area contributed by atoms with Crippen molar-refractivity contribution >= 4 is 6.03 Å². The summed E-state index contributed by atoms with van der Waals surface area (Å²) in [5.41, 5.74) is 1.13. The Balaban J connectivity index is 1.19. The summed E-state index contributed by atoms with van der Waals surface area (Å²) in [5.74, 6) is 0.253. The Labute approximate surface area is 159 Å². The van der Waals surface area contributed by atoms with E-state index in [2.05, 4.69) is 15.5 Å². The monoisotopic (exact) mass is 376 g/mol. The van der Waals surface area contributed by atoms with Gasteiger partial charge in [0.1, 0.15) is 5.82 Å². The van der Waals surface area contributed by atoms with Crippen LogP contribution in [0.4, 0.5) is 9.18 Å². The molecule has 5 rings (SSSR count). The quantitative estimate of drug-likeness (QED) is 0.609. The summed E-state index contributed by atoms with van der Waals surface area (Å²) in [7, 11) is 0. The minimum atomic E-state index is -0.205. The molecule has 4 fully saturated rings. The van der Waals surface area contributed by atoms with Gasteiger partial charge >= 0.3 is 6.03 Å². The Hall–Kier alpha value is -1.70. The number of nitrogens with zero attached hydrogens (tertiary/aromatic N) is 2. The average molecular weight is 376 g/mol. The summed E-state index contributed by atoms with van der Waals surface area (Å²) < 4.78 is 12.8. The predicted octanol–water partition coefficient (Wildman–Crippen LogP) is 1.85. The normalized spacial score (nSPS) is 33.2. The fourth-order valence-corrected chi connectivity index (χ4v) is 4.80. The highest BCUT2D eigenvalue weighted by molar-refractivity contribution is 5.74. The topological polar surface area (TPSA) is 67.4 Å². The maximum atomic E-state index is 13.0. The van der Waals surface area contributed by atoms with E-state index in [1.165, 1.54) is 12.1 Å². The lowest BCUT2D eigenvalue weighted by atomic mass is 9.83. The fraction of sp³-hybridized carbons (Fsp3) is 0.650. The number of rotatable bonds is 5. The summed E-state index contributed by atoms with van der Waals surface area (Å²) in [5, 5.41) is 18.6. The number of fused-ring (bicyclic) bond motifs is 3. The lowest BCUT2D eigenvalue weighted by Crippen LogP contribution is -2.65. The van der Waals surface area contributed by atoms with Crippen molar-refractivity contribution in [1.82, 2.24) is 15.5 Å². The van der Waals surface area contributed by atoms with E-state index in [-0.39, 0.29) is 28.6 Å². The van der Waals surface area contributed by atoms with E-state index in [0.717, 1.165) is 50.9 Å².